The van der Waals surface area contributed by atoms with Crippen LogP contribution in [0.3, 0.4) is 0 Å². The molecule has 0 bridgehead atoms. The number of carboxylic acids is 1. The Bertz CT molecular complexity index is 701. The van der Waals surface area contributed by atoms with Gasteiger partial charge in [0.15, 0.2) is 0 Å². The van der Waals surface area contributed by atoms with Crippen molar-refractivity contribution in [1.29, 1.82) is 0 Å². The molecule has 5 nitrogen and oxygen atoms in total. The lowest BCUT2D eigenvalue weighted by Crippen LogP contribution is -2.12. The van der Waals surface area contributed by atoms with Crippen molar-refractivity contribution in [2.24, 2.45) is 0 Å². The predicted molar refractivity (Wildman–Crippen MR) is 84.8 cm³/mol. The molecular formula is C16H18ClNO4. The highest BCUT2D eigenvalue weighted by atomic mass is 35.5. The highest BCUT2D eigenvalue weighted by Crippen LogP contribution is 2.37. The number of phenols is 1. The highest BCUT2D eigenvalue weighted by molar-refractivity contribution is 6.31. The maximum atomic E-state index is 10.8. The van der Waals surface area contributed by atoms with E-state index < -0.39 is 5.97 Å². The largest absolute Gasteiger partial charge is 0.506 e. The summed E-state index contributed by atoms with van der Waals surface area (Å²) in [6.45, 7) is 6.42. The molecule has 6 heteroatoms. The molecule has 0 aliphatic heterocycles. The molecule has 2 rings (SSSR count). The van der Waals surface area contributed by atoms with Crippen molar-refractivity contribution in [3.05, 3.63) is 46.4 Å². The van der Waals surface area contributed by atoms with Crippen molar-refractivity contribution in [1.82, 2.24) is 0 Å². The number of aromatic carboxylic acids is 1. The van der Waals surface area contributed by atoms with Crippen molar-refractivity contribution >= 4 is 23.3 Å². The van der Waals surface area contributed by atoms with Gasteiger partial charge >= 0.3 is 5.97 Å². The van der Waals surface area contributed by atoms with E-state index in [9.17, 15) is 9.90 Å². The van der Waals surface area contributed by atoms with Crippen LogP contribution in [0, 0.1) is 0 Å². The molecule has 0 unspecified atom stereocenters. The Morgan fingerprint density at radius 2 is 2.00 bits per heavy atom. The standard InChI is InChI=1S/C16H18ClNO4/c1-16(2,3)10-5-12(13(19)6-11(10)17)18-7-9-4-14(15(20)21)22-8-9/h4-6,8,18-19H,7H2,1-3H3,(H,20,21). The van der Waals surface area contributed by atoms with Crippen molar-refractivity contribution in [3.8, 4) is 5.75 Å². The molecule has 2 aromatic rings. The summed E-state index contributed by atoms with van der Waals surface area (Å²) in [5, 5.41) is 22.4. The van der Waals surface area contributed by atoms with E-state index in [1.54, 1.807) is 6.07 Å². The molecule has 0 saturated heterocycles. The van der Waals surface area contributed by atoms with Gasteiger partial charge in [0.2, 0.25) is 5.76 Å². The lowest BCUT2D eigenvalue weighted by Gasteiger charge is -2.22. The van der Waals surface area contributed by atoms with Crippen LogP contribution in [0.15, 0.2) is 28.9 Å². The molecule has 1 aromatic carbocycles. The van der Waals surface area contributed by atoms with E-state index >= 15 is 0 Å². The van der Waals surface area contributed by atoms with Gasteiger partial charge in [0.05, 0.1) is 12.0 Å². The van der Waals surface area contributed by atoms with Gasteiger partial charge in [-0.1, -0.05) is 32.4 Å². The molecule has 1 heterocycles. The quantitative estimate of drug-likeness (QED) is 0.733. The number of benzene rings is 1. The highest BCUT2D eigenvalue weighted by Gasteiger charge is 2.20. The Balaban J connectivity index is 2.20. The number of hydrogen-bond acceptors (Lipinski definition) is 4. The molecule has 1 aromatic heterocycles. The zero-order valence-electron chi connectivity index (χ0n) is 12.6. The first kappa shape index (κ1) is 16.2. The molecule has 0 spiro atoms. The number of furan rings is 1. The van der Waals surface area contributed by atoms with Gasteiger partial charge in [-0.2, -0.15) is 0 Å². The van der Waals surface area contributed by atoms with Crippen molar-refractivity contribution < 1.29 is 19.4 Å². The molecule has 0 aliphatic rings. The van der Waals surface area contributed by atoms with Crippen LogP contribution in [0.2, 0.25) is 5.02 Å². The zero-order valence-corrected chi connectivity index (χ0v) is 13.4. The average Bonchev–Trinajstić information content (AvgIpc) is 2.85. The monoisotopic (exact) mass is 323 g/mol. The third-order valence-corrected chi connectivity index (χ3v) is 3.55. The van der Waals surface area contributed by atoms with E-state index in [1.165, 1.54) is 18.4 Å². The molecule has 0 atom stereocenters. The number of aromatic hydroxyl groups is 1. The maximum Gasteiger partial charge on any atom is 0.371 e. The Morgan fingerprint density at radius 3 is 2.55 bits per heavy atom. The number of nitrogens with one attached hydrogen (secondary N) is 1. The number of carboxylic acid groups (broad SMARTS) is 1. The van der Waals surface area contributed by atoms with Gasteiger partial charge in [0.1, 0.15) is 5.75 Å². The molecule has 0 saturated carbocycles. The molecule has 118 valence electrons. The van der Waals surface area contributed by atoms with Crippen LogP contribution in [0.4, 0.5) is 5.69 Å². The number of anilines is 1. The second-order valence-corrected chi connectivity index (χ2v) is 6.48. The van der Waals surface area contributed by atoms with E-state index in [-0.39, 0.29) is 16.9 Å². The van der Waals surface area contributed by atoms with Gasteiger partial charge in [-0.25, -0.2) is 4.79 Å². The van der Waals surface area contributed by atoms with Crippen LogP contribution in [0.25, 0.3) is 0 Å². The number of rotatable bonds is 4. The molecule has 3 N–H and O–H groups in total. The minimum atomic E-state index is -1.12. The summed E-state index contributed by atoms with van der Waals surface area (Å²) in [6.07, 6.45) is 1.37. The zero-order chi connectivity index (χ0) is 16.5. The second kappa shape index (κ2) is 5.93. The first-order valence-corrected chi connectivity index (χ1v) is 7.14. The summed E-state index contributed by atoms with van der Waals surface area (Å²) in [5.74, 6) is -1.19. The van der Waals surface area contributed by atoms with Gasteiger partial charge in [0.25, 0.3) is 0 Å². The van der Waals surface area contributed by atoms with E-state index in [2.05, 4.69) is 5.32 Å². The van der Waals surface area contributed by atoms with Gasteiger partial charge in [0, 0.05) is 23.2 Å². The molecule has 0 fully saturated rings. The van der Waals surface area contributed by atoms with Crippen LogP contribution < -0.4 is 5.32 Å². The average molecular weight is 324 g/mol. The Kier molecular flexibility index (Phi) is 4.37. The van der Waals surface area contributed by atoms with Gasteiger partial charge in [-0.3, -0.25) is 0 Å². The SMILES string of the molecule is CC(C)(C)c1cc(NCc2coc(C(=O)O)c2)c(O)cc1Cl. The second-order valence-electron chi connectivity index (χ2n) is 6.08. The van der Waals surface area contributed by atoms with Gasteiger partial charge in [-0.05, 0) is 23.1 Å². The van der Waals surface area contributed by atoms with E-state index in [4.69, 9.17) is 21.1 Å². The van der Waals surface area contributed by atoms with Crippen LogP contribution in [0.1, 0.15) is 42.5 Å². The number of phenolic OH excluding ortho intramolecular Hbond substituents is 1. The Morgan fingerprint density at radius 1 is 1.32 bits per heavy atom. The third kappa shape index (κ3) is 3.54. The summed E-state index contributed by atoms with van der Waals surface area (Å²) in [4.78, 5) is 10.8. The first-order chi connectivity index (χ1) is 10.2. The number of halogens is 1. The first-order valence-electron chi connectivity index (χ1n) is 6.76. The lowest BCUT2D eigenvalue weighted by molar-refractivity contribution is 0.0662. The Hall–Kier alpha value is -2.14. The molecule has 0 amide bonds. The van der Waals surface area contributed by atoms with E-state index in [0.717, 1.165) is 5.56 Å². The maximum absolute atomic E-state index is 10.8. The summed E-state index contributed by atoms with van der Waals surface area (Å²) >= 11 is 6.17. The number of carbonyl (C=O) groups is 1. The lowest BCUT2D eigenvalue weighted by atomic mass is 9.86. The van der Waals surface area contributed by atoms with Crippen LogP contribution in [-0.4, -0.2) is 16.2 Å². The van der Waals surface area contributed by atoms with Crippen molar-refractivity contribution in [2.45, 2.75) is 32.7 Å². The normalized spacial score (nSPS) is 11.5. The fourth-order valence-electron chi connectivity index (χ4n) is 2.06. The minimum Gasteiger partial charge on any atom is -0.506 e. The minimum absolute atomic E-state index is 0.0416. The fraction of sp³-hybridized carbons (Fsp3) is 0.312. The topological polar surface area (TPSA) is 82.7 Å². The van der Waals surface area contributed by atoms with Crippen LogP contribution >= 0.6 is 11.6 Å². The summed E-state index contributed by atoms with van der Waals surface area (Å²) < 4.78 is 4.92. The summed E-state index contributed by atoms with van der Waals surface area (Å²) in [5.41, 5.74) is 1.96. The van der Waals surface area contributed by atoms with Crippen molar-refractivity contribution in [3.63, 3.8) is 0 Å². The van der Waals surface area contributed by atoms with E-state index in [1.807, 2.05) is 20.8 Å². The smallest absolute Gasteiger partial charge is 0.371 e. The molecule has 0 radical (unpaired) electrons. The van der Waals surface area contributed by atoms with E-state index in [0.29, 0.717) is 22.8 Å². The Labute approximate surface area is 133 Å². The van der Waals surface area contributed by atoms with Crippen LogP contribution in [-0.2, 0) is 12.0 Å². The van der Waals surface area contributed by atoms with Crippen molar-refractivity contribution in [2.75, 3.05) is 5.32 Å². The van der Waals surface area contributed by atoms with Gasteiger partial charge < -0.3 is 19.9 Å². The molecular weight excluding hydrogens is 306 g/mol. The molecule has 22 heavy (non-hydrogen) atoms. The summed E-state index contributed by atoms with van der Waals surface area (Å²) in [6, 6.07) is 4.74. The molecule has 0 aliphatic carbocycles. The predicted octanol–water partition coefficient (Wildman–Crippen LogP) is 4.25. The fourth-order valence-corrected chi connectivity index (χ4v) is 2.50. The number of hydrogen-bond donors (Lipinski definition) is 3. The van der Waals surface area contributed by atoms with Gasteiger partial charge in [-0.15, -0.1) is 0 Å². The summed E-state index contributed by atoms with van der Waals surface area (Å²) in [7, 11) is 0. The van der Waals surface area contributed by atoms with Crippen LogP contribution in [0.5, 0.6) is 5.75 Å². The third-order valence-electron chi connectivity index (χ3n) is 3.24.